The van der Waals surface area contributed by atoms with Gasteiger partial charge in [-0.1, -0.05) is 0 Å². The maximum absolute atomic E-state index is 5.89. The topological polar surface area (TPSA) is 42.4 Å². The molecule has 0 bridgehead atoms. The number of likely N-dealkylation sites (tertiary alicyclic amines) is 1. The molecule has 1 atom stereocenters. The second-order valence-corrected chi connectivity index (χ2v) is 3.77. The molecular weight excluding hydrogens is 164 g/mol. The van der Waals surface area contributed by atoms with Crippen LogP contribution in [0.5, 0.6) is 0 Å². The number of hydrogen-bond acceptors (Lipinski definition) is 3. The Hall–Kier alpha value is -0.800. The lowest BCUT2D eigenvalue weighted by Gasteiger charge is -2.30. The fourth-order valence-electron chi connectivity index (χ4n) is 1.88. The Balaban J connectivity index is 1.87. The summed E-state index contributed by atoms with van der Waals surface area (Å²) in [6, 6.07) is 2.38. The Bertz CT molecular complexity index is 245. The van der Waals surface area contributed by atoms with Crippen molar-refractivity contribution in [2.75, 3.05) is 13.1 Å². The van der Waals surface area contributed by atoms with Gasteiger partial charge in [-0.15, -0.1) is 0 Å². The molecule has 72 valence electrons. The summed E-state index contributed by atoms with van der Waals surface area (Å²) in [6.07, 6.45) is 5.92. The molecule has 1 aromatic heterocycles. The van der Waals surface area contributed by atoms with Crippen molar-refractivity contribution >= 4 is 0 Å². The lowest BCUT2D eigenvalue weighted by atomic mass is 10.1. The normalized spacial score (nSPS) is 24.8. The molecule has 1 aromatic rings. The van der Waals surface area contributed by atoms with Crippen molar-refractivity contribution in [1.82, 2.24) is 4.90 Å². The van der Waals surface area contributed by atoms with Gasteiger partial charge in [0.25, 0.3) is 0 Å². The third-order valence-electron chi connectivity index (χ3n) is 2.53. The first-order valence-corrected chi connectivity index (χ1v) is 4.83. The highest BCUT2D eigenvalue weighted by Crippen LogP contribution is 2.12. The van der Waals surface area contributed by atoms with Crippen LogP contribution in [-0.2, 0) is 6.54 Å². The van der Waals surface area contributed by atoms with Gasteiger partial charge in [0.05, 0.1) is 12.5 Å². The summed E-state index contributed by atoms with van der Waals surface area (Å²) in [5.41, 5.74) is 7.13. The van der Waals surface area contributed by atoms with Gasteiger partial charge in [0.2, 0.25) is 0 Å². The average Bonchev–Trinajstić information content (AvgIpc) is 2.57. The van der Waals surface area contributed by atoms with Gasteiger partial charge in [0.1, 0.15) is 0 Å². The highest BCUT2D eigenvalue weighted by Gasteiger charge is 2.16. The minimum absolute atomic E-state index is 0.362. The first-order chi connectivity index (χ1) is 6.34. The van der Waals surface area contributed by atoms with Gasteiger partial charge < -0.3 is 10.2 Å². The van der Waals surface area contributed by atoms with Crippen LogP contribution in [0.2, 0.25) is 0 Å². The molecule has 1 aliphatic heterocycles. The summed E-state index contributed by atoms with van der Waals surface area (Å²) >= 11 is 0. The summed E-state index contributed by atoms with van der Waals surface area (Å²) < 4.78 is 5.02. The van der Waals surface area contributed by atoms with Crippen molar-refractivity contribution in [1.29, 1.82) is 0 Å². The molecule has 0 saturated carbocycles. The summed E-state index contributed by atoms with van der Waals surface area (Å²) in [7, 11) is 0. The van der Waals surface area contributed by atoms with Gasteiger partial charge in [-0.3, -0.25) is 4.90 Å². The lowest BCUT2D eigenvalue weighted by molar-refractivity contribution is 0.201. The number of piperidine rings is 1. The van der Waals surface area contributed by atoms with Gasteiger partial charge >= 0.3 is 0 Å². The summed E-state index contributed by atoms with van der Waals surface area (Å²) in [6.45, 7) is 3.16. The van der Waals surface area contributed by atoms with Gasteiger partial charge in [-0.05, 0) is 25.5 Å². The molecule has 1 aliphatic rings. The molecule has 0 amide bonds. The molecule has 0 aliphatic carbocycles. The summed E-state index contributed by atoms with van der Waals surface area (Å²) in [4.78, 5) is 2.39. The Morgan fingerprint density at radius 1 is 1.62 bits per heavy atom. The third kappa shape index (κ3) is 2.32. The standard InChI is InChI=1S/C10H16N2O/c11-10-2-1-4-12(7-10)6-9-3-5-13-8-9/h3,5,8,10H,1-2,4,6-7,11H2. The molecule has 2 N–H and O–H groups in total. The van der Waals surface area contributed by atoms with E-state index < -0.39 is 0 Å². The molecule has 3 nitrogen and oxygen atoms in total. The Labute approximate surface area is 78.5 Å². The van der Waals surface area contributed by atoms with Crippen molar-refractivity contribution in [3.63, 3.8) is 0 Å². The zero-order chi connectivity index (χ0) is 9.10. The first kappa shape index (κ1) is 8.78. The van der Waals surface area contributed by atoms with E-state index in [2.05, 4.69) is 4.90 Å². The van der Waals surface area contributed by atoms with Crippen LogP contribution < -0.4 is 5.73 Å². The molecule has 2 heterocycles. The molecule has 1 unspecified atom stereocenters. The molecule has 3 heteroatoms. The fourth-order valence-corrected chi connectivity index (χ4v) is 1.88. The van der Waals surface area contributed by atoms with E-state index >= 15 is 0 Å². The molecular formula is C10H16N2O. The quantitative estimate of drug-likeness (QED) is 0.743. The molecule has 13 heavy (non-hydrogen) atoms. The average molecular weight is 180 g/mol. The van der Waals surface area contributed by atoms with E-state index in [0.29, 0.717) is 6.04 Å². The van der Waals surface area contributed by atoms with Crippen LogP contribution in [0.15, 0.2) is 23.0 Å². The van der Waals surface area contributed by atoms with E-state index in [1.807, 2.05) is 6.07 Å². The lowest BCUT2D eigenvalue weighted by Crippen LogP contribution is -2.42. The number of nitrogens with two attached hydrogens (primary N) is 1. The predicted molar refractivity (Wildman–Crippen MR) is 51.2 cm³/mol. The van der Waals surface area contributed by atoms with E-state index in [0.717, 1.165) is 13.1 Å². The smallest absolute Gasteiger partial charge is 0.0947 e. The van der Waals surface area contributed by atoms with Crippen molar-refractivity contribution in [3.05, 3.63) is 24.2 Å². The number of hydrogen-bond donors (Lipinski definition) is 1. The minimum atomic E-state index is 0.362. The first-order valence-electron chi connectivity index (χ1n) is 4.83. The van der Waals surface area contributed by atoms with Gasteiger partial charge in [0, 0.05) is 24.7 Å². The molecule has 1 fully saturated rings. The number of nitrogens with zero attached hydrogens (tertiary/aromatic N) is 1. The van der Waals surface area contributed by atoms with E-state index in [-0.39, 0.29) is 0 Å². The highest BCUT2D eigenvalue weighted by molar-refractivity contribution is 5.05. The van der Waals surface area contributed by atoms with Crippen LogP contribution in [0.1, 0.15) is 18.4 Å². The Morgan fingerprint density at radius 3 is 3.23 bits per heavy atom. The molecule has 1 saturated heterocycles. The van der Waals surface area contributed by atoms with E-state index in [1.165, 1.54) is 24.9 Å². The van der Waals surface area contributed by atoms with Crippen LogP contribution in [-0.4, -0.2) is 24.0 Å². The molecule has 0 aromatic carbocycles. The maximum atomic E-state index is 5.89. The van der Waals surface area contributed by atoms with Crippen LogP contribution >= 0.6 is 0 Å². The van der Waals surface area contributed by atoms with Crippen LogP contribution in [0.4, 0.5) is 0 Å². The second kappa shape index (κ2) is 3.94. The fraction of sp³-hybridized carbons (Fsp3) is 0.600. The van der Waals surface area contributed by atoms with E-state index in [9.17, 15) is 0 Å². The van der Waals surface area contributed by atoms with Crippen molar-refractivity contribution < 1.29 is 4.42 Å². The SMILES string of the molecule is NC1CCCN(Cc2ccoc2)C1. The van der Waals surface area contributed by atoms with E-state index in [4.69, 9.17) is 10.2 Å². The van der Waals surface area contributed by atoms with Crippen molar-refractivity contribution in [2.45, 2.75) is 25.4 Å². The molecule has 0 radical (unpaired) electrons. The highest BCUT2D eigenvalue weighted by atomic mass is 16.3. The molecule has 0 spiro atoms. The van der Waals surface area contributed by atoms with Gasteiger partial charge in [-0.25, -0.2) is 0 Å². The predicted octanol–water partition coefficient (Wildman–Crippen LogP) is 1.20. The monoisotopic (exact) mass is 180 g/mol. The van der Waals surface area contributed by atoms with Crippen molar-refractivity contribution in [2.24, 2.45) is 5.73 Å². The maximum Gasteiger partial charge on any atom is 0.0947 e. The third-order valence-corrected chi connectivity index (χ3v) is 2.53. The number of rotatable bonds is 2. The summed E-state index contributed by atoms with van der Waals surface area (Å²) in [5, 5.41) is 0. The van der Waals surface area contributed by atoms with Crippen LogP contribution in [0, 0.1) is 0 Å². The Kier molecular flexibility index (Phi) is 2.66. The van der Waals surface area contributed by atoms with Crippen LogP contribution in [0.25, 0.3) is 0 Å². The summed E-state index contributed by atoms with van der Waals surface area (Å²) in [5.74, 6) is 0. The number of furan rings is 1. The molecule has 2 rings (SSSR count). The van der Waals surface area contributed by atoms with Crippen LogP contribution in [0.3, 0.4) is 0 Å². The zero-order valence-electron chi connectivity index (χ0n) is 7.78. The van der Waals surface area contributed by atoms with Gasteiger partial charge in [0.15, 0.2) is 0 Å². The van der Waals surface area contributed by atoms with E-state index in [1.54, 1.807) is 12.5 Å². The minimum Gasteiger partial charge on any atom is -0.472 e. The second-order valence-electron chi connectivity index (χ2n) is 3.77. The van der Waals surface area contributed by atoms with Crippen molar-refractivity contribution in [3.8, 4) is 0 Å². The largest absolute Gasteiger partial charge is 0.472 e. The van der Waals surface area contributed by atoms with Gasteiger partial charge in [-0.2, -0.15) is 0 Å². The Morgan fingerprint density at radius 2 is 2.54 bits per heavy atom. The zero-order valence-corrected chi connectivity index (χ0v) is 7.78.